The first-order chi connectivity index (χ1) is 17.7. The topological polar surface area (TPSA) is 46.2 Å². The minimum absolute atomic E-state index is 0.0987. The fraction of sp³-hybridized carbons (Fsp3) is 0.348. The minimum atomic E-state index is -5.26. The van der Waals surface area contributed by atoms with Crippen LogP contribution in [0.4, 0.5) is 43.9 Å². The number of alkyl halides is 9. The van der Waals surface area contributed by atoms with Crippen LogP contribution in [0.25, 0.3) is 5.83 Å². The van der Waals surface area contributed by atoms with E-state index in [2.05, 4.69) is 31.9 Å². The Hall–Kier alpha value is -1.94. The van der Waals surface area contributed by atoms with E-state index in [-0.39, 0.29) is 21.1 Å². The van der Waals surface area contributed by atoms with Crippen molar-refractivity contribution in [3.05, 3.63) is 73.7 Å². The summed E-state index contributed by atoms with van der Waals surface area (Å²) >= 11 is 6.03. The summed E-state index contributed by atoms with van der Waals surface area (Å²) < 4.78 is 146. The molecule has 0 saturated heterocycles. The van der Waals surface area contributed by atoms with E-state index >= 15 is 0 Å². The molecule has 3 atom stereocenters. The summed E-state index contributed by atoms with van der Waals surface area (Å²) in [4.78, 5) is 12.4. The van der Waals surface area contributed by atoms with Crippen LogP contribution in [-0.4, -0.2) is 40.0 Å². The van der Waals surface area contributed by atoms with Gasteiger partial charge in [0.15, 0.2) is 0 Å². The van der Waals surface area contributed by atoms with Crippen LogP contribution in [0.3, 0.4) is 0 Å². The van der Waals surface area contributed by atoms with Gasteiger partial charge in [0.05, 0.1) is 11.1 Å². The average Bonchev–Trinajstić information content (AvgIpc) is 2.73. The van der Waals surface area contributed by atoms with Crippen LogP contribution in [0.2, 0.25) is 0 Å². The fourth-order valence-electron chi connectivity index (χ4n) is 3.37. The van der Waals surface area contributed by atoms with E-state index in [0.29, 0.717) is 12.1 Å². The number of benzene rings is 2. The number of carbonyl (C=O) groups is 1. The van der Waals surface area contributed by atoms with Gasteiger partial charge in [-0.3, -0.25) is 9.00 Å². The lowest BCUT2D eigenvalue weighted by atomic mass is 9.95. The lowest BCUT2D eigenvalue weighted by Gasteiger charge is -2.19. The largest absolute Gasteiger partial charge is 0.417 e. The molecule has 39 heavy (non-hydrogen) atoms. The van der Waals surface area contributed by atoms with Crippen molar-refractivity contribution in [2.24, 2.45) is 0 Å². The van der Waals surface area contributed by atoms with Gasteiger partial charge in [0.1, 0.15) is 17.5 Å². The second-order valence-corrected chi connectivity index (χ2v) is 11.6. The second kappa shape index (κ2) is 12.7. The summed E-state index contributed by atoms with van der Waals surface area (Å²) in [5.41, 5.74) is -4.07. The molecule has 0 aliphatic carbocycles. The Morgan fingerprint density at radius 2 is 1.54 bits per heavy atom. The summed E-state index contributed by atoms with van der Waals surface area (Å²) in [5, 5.41) is 1.99. The van der Waals surface area contributed by atoms with Crippen molar-refractivity contribution in [1.82, 2.24) is 5.32 Å². The molecule has 0 aromatic heterocycles. The maximum atomic E-state index is 14.9. The van der Waals surface area contributed by atoms with E-state index in [1.807, 2.05) is 5.32 Å². The third kappa shape index (κ3) is 10.2. The lowest BCUT2D eigenvalue weighted by molar-refractivity contribution is -0.140. The molecular formula is C23H17Br2F10NO2S. The van der Waals surface area contributed by atoms with Gasteiger partial charge in [-0.15, -0.1) is 0 Å². The van der Waals surface area contributed by atoms with Gasteiger partial charge in [-0.05, 0) is 48.9 Å². The van der Waals surface area contributed by atoms with E-state index in [0.717, 1.165) is 19.1 Å². The van der Waals surface area contributed by atoms with Crippen molar-refractivity contribution in [2.45, 2.75) is 37.4 Å². The van der Waals surface area contributed by atoms with Gasteiger partial charge in [0, 0.05) is 37.1 Å². The summed E-state index contributed by atoms with van der Waals surface area (Å²) in [6.45, 7) is 1.12. The molecule has 216 valence electrons. The molecule has 1 N–H and O–H groups in total. The fourth-order valence-corrected chi connectivity index (χ4v) is 5.82. The molecule has 0 fully saturated rings. The monoisotopic (exact) mass is 719 g/mol. The molecule has 0 saturated carbocycles. The molecule has 2 aromatic rings. The molecule has 3 nitrogen and oxygen atoms in total. The zero-order valence-corrected chi connectivity index (χ0v) is 23.4. The van der Waals surface area contributed by atoms with Gasteiger partial charge in [0.25, 0.3) is 5.91 Å². The number of hydrogen-bond donors (Lipinski definition) is 1. The SMILES string of the molecule is CC(CS(=O)CC(F)(F)F)NC(=O)c1ccc(/C(F)=C/C(c2cc(Br)cc(Br)c2)C(F)(F)F)cc1C(F)(F)F. The van der Waals surface area contributed by atoms with Crippen molar-refractivity contribution in [1.29, 1.82) is 0 Å². The van der Waals surface area contributed by atoms with Crippen molar-refractivity contribution in [3.8, 4) is 0 Å². The van der Waals surface area contributed by atoms with Crippen molar-refractivity contribution in [2.75, 3.05) is 11.5 Å². The predicted octanol–water partition coefficient (Wildman–Crippen LogP) is 8.32. The third-order valence-corrected chi connectivity index (χ3v) is 7.33. The minimum Gasteiger partial charge on any atom is -0.349 e. The van der Waals surface area contributed by atoms with Crippen LogP contribution in [0, 0.1) is 0 Å². The molecule has 2 rings (SSSR count). The third-order valence-electron chi connectivity index (χ3n) is 4.89. The van der Waals surface area contributed by atoms with Crippen LogP contribution >= 0.6 is 31.9 Å². The Morgan fingerprint density at radius 3 is 2.03 bits per heavy atom. The molecule has 3 unspecified atom stereocenters. The normalized spacial score (nSPS) is 15.6. The maximum Gasteiger partial charge on any atom is 0.417 e. The number of carbonyl (C=O) groups excluding carboxylic acids is 1. The number of halogens is 12. The Morgan fingerprint density at radius 1 is 0.974 bits per heavy atom. The smallest absolute Gasteiger partial charge is 0.349 e. The van der Waals surface area contributed by atoms with Crippen LogP contribution < -0.4 is 5.32 Å². The Bertz CT molecular complexity index is 1240. The van der Waals surface area contributed by atoms with Gasteiger partial charge in [-0.1, -0.05) is 37.9 Å². The van der Waals surface area contributed by atoms with Crippen LogP contribution in [0.1, 0.15) is 39.9 Å². The van der Waals surface area contributed by atoms with Gasteiger partial charge in [0.2, 0.25) is 0 Å². The highest BCUT2D eigenvalue weighted by atomic mass is 79.9. The summed E-state index contributed by atoms with van der Waals surface area (Å²) in [5.74, 6) is -8.00. The van der Waals surface area contributed by atoms with E-state index in [4.69, 9.17) is 0 Å². The number of allylic oxidation sites excluding steroid dienone is 1. The number of amides is 1. The molecule has 0 aliphatic heterocycles. The van der Waals surface area contributed by atoms with Crippen molar-refractivity contribution >= 4 is 54.4 Å². The van der Waals surface area contributed by atoms with Gasteiger partial charge in [-0.25, -0.2) is 4.39 Å². The Labute approximate surface area is 234 Å². The van der Waals surface area contributed by atoms with E-state index in [1.165, 1.54) is 6.07 Å². The molecule has 1 amide bonds. The predicted molar refractivity (Wildman–Crippen MR) is 132 cm³/mol. The standard InChI is InChI=1S/C23H17Br2F10NO2S/c1-11(9-39(38)10-21(27,28)29)36-20(37)16-3-2-12(6-18(16)23(33,34)35)19(26)8-17(22(30,31)32)13-4-14(24)7-15(25)5-13/h2-8,11,17H,9-10H2,1H3,(H,36,37)/b19-8-. The molecule has 0 radical (unpaired) electrons. The molecule has 0 aliphatic rings. The molecule has 16 heteroatoms. The summed E-state index contributed by atoms with van der Waals surface area (Å²) in [6.07, 6.45) is -14.9. The molecule has 0 spiro atoms. The van der Waals surface area contributed by atoms with Crippen LogP contribution in [0.15, 0.2) is 51.4 Å². The average molecular weight is 721 g/mol. The molecule has 2 aromatic carbocycles. The van der Waals surface area contributed by atoms with Gasteiger partial charge in [-0.2, -0.15) is 39.5 Å². The van der Waals surface area contributed by atoms with E-state index in [1.54, 1.807) is 0 Å². The first-order valence-corrected chi connectivity index (χ1v) is 13.6. The zero-order valence-electron chi connectivity index (χ0n) is 19.4. The number of nitrogens with one attached hydrogen (secondary N) is 1. The van der Waals surface area contributed by atoms with E-state index in [9.17, 15) is 52.9 Å². The number of hydrogen-bond acceptors (Lipinski definition) is 2. The molecule has 0 bridgehead atoms. The number of rotatable bonds is 8. The maximum absolute atomic E-state index is 14.9. The zero-order chi connectivity index (χ0) is 29.9. The first-order valence-electron chi connectivity index (χ1n) is 10.5. The summed E-state index contributed by atoms with van der Waals surface area (Å²) in [6, 6.07) is 3.64. The van der Waals surface area contributed by atoms with E-state index < -0.39 is 86.8 Å². The van der Waals surface area contributed by atoms with Crippen LogP contribution in [0.5, 0.6) is 0 Å². The lowest BCUT2D eigenvalue weighted by Crippen LogP contribution is -2.38. The second-order valence-electron chi connectivity index (χ2n) is 8.24. The van der Waals surface area contributed by atoms with Gasteiger partial charge >= 0.3 is 18.5 Å². The first kappa shape index (κ1) is 33.3. The highest BCUT2D eigenvalue weighted by Gasteiger charge is 2.41. The van der Waals surface area contributed by atoms with Gasteiger partial charge < -0.3 is 5.32 Å². The quantitative estimate of drug-likeness (QED) is 0.279. The van der Waals surface area contributed by atoms with Crippen molar-refractivity contribution in [3.63, 3.8) is 0 Å². The highest BCUT2D eigenvalue weighted by Crippen LogP contribution is 2.41. The molecular weight excluding hydrogens is 704 g/mol. The van der Waals surface area contributed by atoms with Crippen LogP contribution in [-0.2, 0) is 17.0 Å². The Balaban J connectivity index is 2.41. The Kier molecular flexibility index (Phi) is 10.8. The summed E-state index contributed by atoms with van der Waals surface area (Å²) in [7, 11) is -2.47. The molecule has 0 heterocycles. The highest BCUT2D eigenvalue weighted by molar-refractivity contribution is 9.11. The van der Waals surface area contributed by atoms with Crippen molar-refractivity contribution < 1.29 is 52.9 Å².